The van der Waals surface area contributed by atoms with Gasteiger partial charge in [0.15, 0.2) is 0 Å². The van der Waals surface area contributed by atoms with Crippen LogP contribution in [0.3, 0.4) is 0 Å². The summed E-state index contributed by atoms with van der Waals surface area (Å²) in [7, 11) is -3.79. The van der Waals surface area contributed by atoms with Gasteiger partial charge >= 0.3 is 0 Å². The number of nitrogens with zero attached hydrogens (tertiary/aromatic N) is 1. The molecule has 2 aromatic rings. The van der Waals surface area contributed by atoms with Crippen molar-refractivity contribution in [2.45, 2.75) is 51.3 Å². The molecule has 0 radical (unpaired) electrons. The zero-order valence-electron chi connectivity index (χ0n) is 17.6. The minimum absolute atomic E-state index is 0.244. The summed E-state index contributed by atoms with van der Waals surface area (Å²) in [6.45, 7) is 5.63. The molecule has 30 heavy (non-hydrogen) atoms. The van der Waals surface area contributed by atoms with Crippen LogP contribution in [0.2, 0.25) is 0 Å². The summed E-state index contributed by atoms with van der Waals surface area (Å²) >= 11 is 0. The van der Waals surface area contributed by atoms with Crippen LogP contribution in [0.25, 0.3) is 0 Å². The van der Waals surface area contributed by atoms with Crippen LogP contribution in [-0.2, 0) is 14.8 Å². The molecule has 1 N–H and O–H groups in total. The van der Waals surface area contributed by atoms with Gasteiger partial charge < -0.3 is 10.1 Å². The summed E-state index contributed by atoms with van der Waals surface area (Å²) in [5.74, 6) is -0.193. The van der Waals surface area contributed by atoms with E-state index in [1.165, 1.54) is 24.3 Å². The Morgan fingerprint density at radius 1 is 1.23 bits per heavy atom. The van der Waals surface area contributed by atoms with Crippen LogP contribution in [0.4, 0.5) is 10.1 Å². The molecule has 0 unspecified atom stereocenters. The standard InChI is InChI=1S/C22H27FN2O4S/c1-5-19(25(30(4,27)28)16-12-10-15(23)11-13-16)21(26)24-18-14-22(2,3)29-20-9-7-6-8-17(18)20/h6-13,18-19H,5,14H2,1-4H3,(H,24,26)/t18-,19-/m0/s1. The van der Waals surface area contributed by atoms with Crippen LogP contribution in [0.1, 0.15) is 45.2 Å². The first-order chi connectivity index (χ1) is 14.0. The van der Waals surface area contributed by atoms with Gasteiger partial charge in [-0.05, 0) is 50.6 Å². The maximum absolute atomic E-state index is 13.4. The molecule has 0 saturated heterocycles. The number of amides is 1. The molecule has 0 spiro atoms. The van der Waals surface area contributed by atoms with Gasteiger partial charge in [0.25, 0.3) is 0 Å². The second-order valence-corrected chi connectivity index (χ2v) is 9.98. The minimum atomic E-state index is -3.79. The van der Waals surface area contributed by atoms with E-state index in [4.69, 9.17) is 4.74 Å². The highest BCUT2D eigenvalue weighted by molar-refractivity contribution is 7.92. The maximum atomic E-state index is 13.4. The number of anilines is 1. The van der Waals surface area contributed by atoms with E-state index < -0.39 is 33.4 Å². The number of nitrogens with one attached hydrogen (secondary N) is 1. The maximum Gasteiger partial charge on any atom is 0.244 e. The van der Waals surface area contributed by atoms with Crippen LogP contribution in [0.5, 0.6) is 5.75 Å². The summed E-state index contributed by atoms with van der Waals surface area (Å²) in [6.07, 6.45) is 1.84. The average Bonchev–Trinajstić information content (AvgIpc) is 2.65. The van der Waals surface area contributed by atoms with Gasteiger partial charge in [-0.3, -0.25) is 9.10 Å². The molecule has 162 valence electrons. The van der Waals surface area contributed by atoms with Gasteiger partial charge in [-0.1, -0.05) is 25.1 Å². The molecule has 1 aliphatic rings. The van der Waals surface area contributed by atoms with Gasteiger partial charge in [-0.25, -0.2) is 12.8 Å². The highest BCUT2D eigenvalue weighted by Gasteiger charge is 2.37. The molecule has 2 aromatic carbocycles. The number of carbonyl (C=O) groups is 1. The van der Waals surface area contributed by atoms with Crippen LogP contribution >= 0.6 is 0 Å². The fourth-order valence-electron chi connectivity index (χ4n) is 3.85. The van der Waals surface area contributed by atoms with Crippen molar-refractivity contribution in [3.05, 3.63) is 59.9 Å². The van der Waals surface area contributed by atoms with Crippen molar-refractivity contribution in [3.8, 4) is 5.75 Å². The number of rotatable bonds is 6. The highest BCUT2D eigenvalue weighted by Crippen LogP contribution is 2.39. The zero-order valence-corrected chi connectivity index (χ0v) is 18.4. The van der Waals surface area contributed by atoms with Crippen molar-refractivity contribution in [2.24, 2.45) is 0 Å². The van der Waals surface area contributed by atoms with E-state index in [1.807, 2.05) is 38.1 Å². The Balaban J connectivity index is 1.92. The van der Waals surface area contributed by atoms with Crippen molar-refractivity contribution in [2.75, 3.05) is 10.6 Å². The largest absolute Gasteiger partial charge is 0.487 e. The Bertz CT molecular complexity index is 1020. The molecule has 1 amide bonds. The van der Waals surface area contributed by atoms with Gasteiger partial charge in [0.1, 0.15) is 23.2 Å². The monoisotopic (exact) mass is 434 g/mol. The minimum Gasteiger partial charge on any atom is -0.487 e. The van der Waals surface area contributed by atoms with Crippen LogP contribution in [-0.4, -0.2) is 32.2 Å². The number of carbonyl (C=O) groups excluding carboxylic acids is 1. The van der Waals surface area contributed by atoms with E-state index in [2.05, 4.69) is 5.32 Å². The second kappa shape index (κ2) is 8.26. The summed E-state index contributed by atoms with van der Waals surface area (Å²) in [5.41, 5.74) is 0.614. The number of benzene rings is 2. The van der Waals surface area contributed by atoms with Crippen molar-refractivity contribution in [1.82, 2.24) is 5.32 Å². The number of halogens is 1. The molecule has 3 rings (SSSR count). The topological polar surface area (TPSA) is 75.7 Å². The lowest BCUT2D eigenvalue weighted by Gasteiger charge is -2.39. The Labute approximate surface area is 177 Å². The van der Waals surface area contributed by atoms with Crippen molar-refractivity contribution >= 4 is 21.6 Å². The van der Waals surface area contributed by atoms with E-state index in [-0.39, 0.29) is 18.2 Å². The normalized spacial score (nSPS) is 18.6. The van der Waals surface area contributed by atoms with Crippen molar-refractivity contribution in [1.29, 1.82) is 0 Å². The second-order valence-electron chi connectivity index (χ2n) is 8.12. The third-order valence-electron chi connectivity index (χ3n) is 5.10. The third-order valence-corrected chi connectivity index (χ3v) is 6.28. The summed E-state index contributed by atoms with van der Waals surface area (Å²) in [6, 6.07) is 11.3. The van der Waals surface area contributed by atoms with E-state index in [9.17, 15) is 17.6 Å². The van der Waals surface area contributed by atoms with Gasteiger partial charge in [-0.2, -0.15) is 0 Å². The predicted octanol–water partition coefficient (Wildman–Crippen LogP) is 3.79. The van der Waals surface area contributed by atoms with Gasteiger partial charge in [0, 0.05) is 12.0 Å². The summed E-state index contributed by atoms with van der Waals surface area (Å²) < 4.78 is 45.5. The van der Waals surface area contributed by atoms with Crippen LogP contribution in [0.15, 0.2) is 48.5 Å². The first-order valence-corrected chi connectivity index (χ1v) is 11.7. The molecule has 0 bridgehead atoms. The van der Waals surface area contributed by atoms with E-state index >= 15 is 0 Å². The number of hydrogen-bond acceptors (Lipinski definition) is 4. The average molecular weight is 435 g/mol. The van der Waals surface area contributed by atoms with Crippen molar-refractivity contribution < 1.29 is 22.3 Å². The lowest BCUT2D eigenvalue weighted by Crippen LogP contribution is -2.51. The predicted molar refractivity (Wildman–Crippen MR) is 114 cm³/mol. The third kappa shape index (κ3) is 4.75. The number of ether oxygens (including phenoxy) is 1. The van der Waals surface area contributed by atoms with E-state index in [0.29, 0.717) is 12.2 Å². The molecule has 1 heterocycles. The van der Waals surface area contributed by atoms with Gasteiger partial charge in [-0.15, -0.1) is 0 Å². The Kier molecular flexibility index (Phi) is 6.08. The highest BCUT2D eigenvalue weighted by atomic mass is 32.2. The van der Waals surface area contributed by atoms with Gasteiger partial charge in [0.05, 0.1) is 18.0 Å². The number of fused-ring (bicyclic) bond motifs is 1. The Morgan fingerprint density at radius 3 is 2.47 bits per heavy atom. The number of para-hydroxylation sites is 1. The lowest BCUT2D eigenvalue weighted by atomic mass is 9.89. The molecule has 0 aliphatic carbocycles. The molecule has 0 fully saturated rings. The number of hydrogen-bond donors (Lipinski definition) is 1. The van der Waals surface area contributed by atoms with Gasteiger partial charge in [0.2, 0.25) is 15.9 Å². The molecule has 0 saturated carbocycles. The molecule has 2 atom stereocenters. The van der Waals surface area contributed by atoms with Crippen LogP contribution < -0.4 is 14.4 Å². The SMILES string of the molecule is CC[C@@H](C(=O)N[C@H]1CC(C)(C)Oc2ccccc21)N(c1ccc(F)cc1)S(C)(=O)=O. The fraction of sp³-hybridized carbons (Fsp3) is 0.409. The van der Waals surface area contributed by atoms with E-state index in [1.54, 1.807) is 6.92 Å². The first-order valence-electron chi connectivity index (χ1n) is 9.85. The van der Waals surface area contributed by atoms with Crippen molar-refractivity contribution in [3.63, 3.8) is 0 Å². The molecule has 8 heteroatoms. The quantitative estimate of drug-likeness (QED) is 0.751. The fourth-order valence-corrected chi connectivity index (χ4v) is 5.06. The summed E-state index contributed by atoms with van der Waals surface area (Å²) in [5, 5.41) is 3.02. The molecular formula is C22H27FN2O4S. The molecule has 1 aliphatic heterocycles. The zero-order chi connectivity index (χ0) is 22.1. The smallest absolute Gasteiger partial charge is 0.244 e. The Morgan fingerprint density at radius 2 is 1.87 bits per heavy atom. The molecule has 6 nitrogen and oxygen atoms in total. The molecular weight excluding hydrogens is 407 g/mol. The first kappa shape index (κ1) is 22.1. The lowest BCUT2D eigenvalue weighted by molar-refractivity contribution is -0.123. The Hall–Kier alpha value is -2.61. The number of sulfonamides is 1. The van der Waals surface area contributed by atoms with Crippen LogP contribution in [0, 0.1) is 5.82 Å². The van der Waals surface area contributed by atoms with E-state index in [0.717, 1.165) is 16.1 Å². The summed E-state index contributed by atoms with van der Waals surface area (Å²) in [4.78, 5) is 13.3. The molecule has 0 aromatic heterocycles.